The first-order chi connectivity index (χ1) is 14.2. The van der Waals surface area contributed by atoms with E-state index in [9.17, 15) is 9.59 Å². The molecule has 174 valence electrons. The van der Waals surface area contributed by atoms with E-state index in [2.05, 4.69) is 53.7 Å². The molecule has 0 aliphatic heterocycles. The lowest BCUT2D eigenvalue weighted by molar-refractivity contribution is -0.146. The molecule has 0 N–H and O–H groups in total. The first kappa shape index (κ1) is 28.4. The molecule has 0 fully saturated rings. The van der Waals surface area contributed by atoms with Crippen molar-refractivity contribution in [3.05, 3.63) is 23.3 Å². The Kier molecular flexibility index (Phi) is 17.3. The largest absolute Gasteiger partial charge is 0.466 e. The molecule has 0 aliphatic rings. The van der Waals surface area contributed by atoms with Crippen molar-refractivity contribution in [2.24, 2.45) is 11.8 Å². The molecule has 2 unspecified atom stereocenters. The van der Waals surface area contributed by atoms with Gasteiger partial charge in [-0.25, -0.2) is 0 Å². The van der Waals surface area contributed by atoms with Gasteiger partial charge in [0.25, 0.3) is 0 Å². The Labute approximate surface area is 185 Å². The summed E-state index contributed by atoms with van der Waals surface area (Å²) in [5.74, 6) is 0.784. The van der Waals surface area contributed by atoms with Gasteiger partial charge in [0.05, 0.1) is 13.2 Å². The fourth-order valence-corrected chi connectivity index (χ4v) is 3.03. The number of ether oxygens (including phenoxy) is 2. The minimum absolute atomic E-state index is 0.162. The van der Waals surface area contributed by atoms with Crippen molar-refractivity contribution in [1.82, 2.24) is 0 Å². The fourth-order valence-electron chi connectivity index (χ4n) is 3.03. The highest BCUT2D eigenvalue weighted by Crippen LogP contribution is 2.13. The van der Waals surface area contributed by atoms with Crippen LogP contribution < -0.4 is 0 Å². The van der Waals surface area contributed by atoms with Crippen molar-refractivity contribution in [3.8, 4) is 0 Å². The quantitative estimate of drug-likeness (QED) is 0.141. The van der Waals surface area contributed by atoms with Crippen LogP contribution in [0.15, 0.2) is 23.3 Å². The molecule has 4 nitrogen and oxygen atoms in total. The van der Waals surface area contributed by atoms with Crippen molar-refractivity contribution in [2.45, 2.75) is 106 Å². The van der Waals surface area contributed by atoms with Crippen LogP contribution in [0.2, 0.25) is 0 Å². The summed E-state index contributed by atoms with van der Waals surface area (Å²) in [6, 6.07) is 0. The molecule has 0 radical (unpaired) electrons. The summed E-state index contributed by atoms with van der Waals surface area (Å²) in [4.78, 5) is 23.6. The lowest BCUT2D eigenvalue weighted by Gasteiger charge is -2.11. The average Bonchev–Trinajstić information content (AvgIpc) is 2.64. The zero-order valence-electron chi connectivity index (χ0n) is 20.4. The lowest BCUT2D eigenvalue weighted by atomic mass is 10.0. The molecular weight excluding hydrogens is 376 g/mol. The molecule has 0 aromatic rings. The van der Waals surface area contributed by atoms with Crippen molar-refractivity contribution >= 4 is 11.9 Å². The standard InChI is InChI=1S/C26H46O4/c1-21(2)11-9-13-23(5)17-19-29-25(27)15-7-8-16-26(28)30-20-18-24(6)14-10-12-22(3)4/h11-12,23-24H,7-10,13-20H2,1-6H3. The van der Waals surface area contributed by atoms with E-state index in [-0.39, 0.29) is 11.9 Å². The zero-order chi connectivity index (χ0) is 22.8. The molecule has 0 aromatic heterocycles. The average molecular weight is 423 g/mol. The number of carbonyl (C=O) groups is 2. The molecule has 0 saturated carbocycles. The third-order valence-electron chi connectivity index (χ3n) is 5.18. The number of unbranched alkanes of at least 4 members (excludes halogenated alkanes) is 1. The van der Waals surface area contributed by atoms with E-state index >= 15 is 0 Å². The van der Waals surface area contributed by atoms with Crippen LogP contribution in [0.1, 0.15) is 106 Å². The Morgan fingerprint density at radius 1 is 0.667 bits per heavy atom. The van der Waals surface area contributed by atoms with Crippen LogP contribution in [0.3, 0.4) is 0 Å². The van der Waals surface area contributed by atoms with Crippen LogP contribution in [-0.4, -0.2) is 25.2 Å². The first-order valence-corrected chi connectivity index (χ1v) is 11.8. The molecule has 0 amide bonds. The molecule has 0 heterocycles. The Morgan fingerprint density at radius 3 is 1.37 bits per heavy atom. The predicted molar refractivity (Wildman–Crippen MR) is 125 cm³/mol. The van der Waals surface area contributed by atoms with Gasteiger partial charge < -0.3 is 9.47 Å². The van der Waals surface area contributed by atoms with Gasteiger partial charge in [0, 0.05) is 12.8 Å². The summed E-state index contributed by atoms with van der Waals surface area (Å²) in [5.41, 5.74) is 2.70. The summed E-state index contributed by atoms with van der Waals surface area (Å²) < 4.78 is 10.6. The second-order valence-corrected chi connectivity index (χ2v) is 9.15. The summed E-state index contributed by atoms with van der Waals surface area (Å²) >= 11 is 0. The summed E-state index contributed by atoms with van der Waals surface area (Å²) in [6.45, 7) is 13.8. The Bertz CT molecular complexity index is 477. The van der Waals surface area contributed by atoms with E-state index in [1.165, 1.54) is 11.1 Å². The van der Waals surface area contributed by atoms with Crippen LogP contribution in [0.4, 0.5) is 0 Å². The highest BCUT2D eigenvalue weighted by atomic mass is 16.5. The third-order valence-corrected chi connectivity index (χ3v) is 5.18. The van der Waals surface area contributed by atoms with E-state index in [4.69, 9.17) is 9.47 Å². The van der Waals surface area contributed by atoms with Crippen LogP contribution in [0.25, 0.3) is 0 Å². The molecule has 4 heteroatoms. The number of hydrogen-bond acceptors (Lipinski definition) is 4. The topological polar surface area (TPSA) is 52.6 Å². The van der Waals surface area contributed by atoms with E-state index in [0.717, 1.165) is 38.5 Å². The van der Waals surface area contributed by atoms with Gasteiger partial charge in [0.2, 0.25) is 0 Å². The minimum Gasteiger partial charge on any atom is -0.466 e. The Balaban J connectivity index is 3.63. The molecule has 0 spiro atoms. The van der Waals surface area contributed by atoms with Gasteiger partial charge in [0.15, 0.2) is 0 Å². The van der Waals surface area contributed by atoms with Crippen LogP contribution in [0.5, 0.6) is 0 Å². The van der Waals surface area contributed by atoms with Gasteiger partial charge in [-0.1, -0.05) is 37.1 Å². The maximum atomic E-state index is 11.8. The first-order valence-electron chi connectivity index (χ1n) is 11.8. The number of rotatable bonds is 17. The summed E-state index contributed by atoms with van der Waals surface area (Å²) in [7, 11) is 0. The molecule has 0 aliphatic carbocycles. The van der Waals surface area contributed by atoms with E-state index < -0.39 is 0 Å². The summed E-state index contributed by atoms with van der Waals surface area (Å²) in [5, 5.41) is 0. The smallest absolute Gasteiger partial charge is 0.305 e. The second kappa shape index (κ2) is 18.2. The Hall–Kier alpha value is -1.58. The molecule has 0 rings (SSSR count). The van der Waals surface area contributed by atoms with Gasteiger partial charge in [-0.2, -0.15) is 0 Å². The van der Waals surface area contributed by atoms with Crippen molar-refractivity contribution in [2.75, 3.05) is 13.2 Å². The number of carbonyl (C=O) groups excluding carboxylic acids is 2. The molecule has 0 saturated heterocycles. The van der Waals surface area contributed by atoms with E-state index in [0.29, 0.717) is 50.7 Å². The molecule has 0 aromatic carbocycles. The van der Waals surface area contributed by atoms with Gasteiger partial charge >= 0.3 is 11.9 Å². The number of hydrogen-bond donors (Lipinski definition) is 0. The molecular formula is C26H46O4. The van der Waals surface area contributed by atoms with Gasteiger partial charge in [-0.3, -0.25) is 9.59 Å². The minimum atomic E-state index is -0.162. The van der Waals surface area contributed by atoms with Crippen LogP contribution >= 0.6 is 0 Å². The van der Waals surface area contributed by atoms with E-state index in [1.807, 2.05) is 0 Å². The van der Waals surface area contributed by atoms with Gasteiger partial charge in [-0.05, 0) is 90.9 Å². The monoisotopic (exact) mass is 422 g/mol. The van der Waals surface area contributed by atoms with Crippen molar-refractivity contribution in [1.29, 1.82) is 0 Å². The Morgan fingerprint density at radius 2 is 1.03 bits per heavy atom. The molecule has 2 atom stereocenters. The molecule has 0 bridgehead atoms. The maximum Gasteiger partial charge on any atom is 0.305 e. The van der Waals surface area contributed by atoms with Crippen molar-refractivity contribution in [3.63, 3.8) is 0 Å². The number of esters is 2. The zero-order valence-corrected chi connectivity index (χ0v) is 20.4. The molecule has 30 heavy (non-hydrogen) atoms. The lowest BCUT2D eigenvalue weighted by Crippen LogP contribution is -2.10. The number of allylic oxidation sites excluding steroid dienone is 4. The van der Waals surface area contributed by atoms with Crippen LogP contribution in [-0.2, 0) is 19.1 Å². The SMILES string of the molecule is CC(C)=CCCC(C)CCOC(=O)CCCCC(=O)OCCC(C)CCC=C(C)C. The summed E-state index contributed by atoms with van der Waals surface area (Å²) in [6.07, 6.45) is 12.8. The maximum absolute atomic E-state index is 11.8. The normalized spacial score (nSPS) is 12.6. The van der Waals surface area contributed by atoms with Crippen molar-refractivity contribution < 1.29 is 19.1 Å². The predicted octanol–water partition coefficient (Wildman–Crippen LogP) is 7.18. The van der Waals surface area contributed by atoms with Crippen LogP contribution in [0, 0.1) is 11.8 Å². The van der Waals surface area contributed by atoms with Gasteiger partial charge in [-0.15, -0.1) is 0 Å². The highest BCUT2D eigenvalue weighted by Gasteiger charge is 2.08. The third kappa shape index (κ3) is 19.7. The van der Waals surface area contributed by atoms with E-state index in [1.54, 1.807) is 0 Å². The van der Waals surface area contributed by atoms with Gasteiger partial charge in [0.1, 0.15) is 0 Å². The second-order valence-electron chi connectivity index (χ2n) is 9.15. The highest BCUT2D eigenvalue weighted by molar-refractivity contribution is 5.70. The fraction of sp³-hybridized carbons (Fsp3) is 0.769.